The van der Waals surface area contributed by atoms with E-state index in [9.17, 15) is 0 Å². The summed E-state index contributed by atoms with van der Waals surface area (Å²) in [4.78, 5) is 5.89. The maximum absolute atomic E-state index is 6.01. The minimum atomic E-state index is 0.556. The van der Waals surface area contributed by atoms with E-state index in [0.29, 0.717) is 12.5 Å². The van der Waals surface area contributed by atoms with Gasteiger partial charge in [0.05, 0.1) is 5.69 Å². The van der Waals surface area contributed by atoms with Crippen molar-refractivity contribution in [3.63, 3.8) is 0 Å². The van der Waals surface area contributed by atoms with Gasteiger partial charge >= 0.3 is 0 Å². The van der Waals surface area contributed by atoms with Crippen LogP contribution in [-0.2, 0) is 13.0 Å². The SMILES string of the molecule is CC(C)Cc1nc(-c2cccc(Cl)c2)sc1CN. The molecule has 0 radical (unpaired) electrons. The van der Waals surface area contributed by atoms with Crippen LogP contribution in [0.3, 0.4) is 0 Å². The lowest BCUT2D eigenvalue weighted by molar-refractivity contribution is 0.634. The van der Waals surface area contributed by atoms with Crippen LogP contribution in [0.15, 0.2) is 24.3 Å². The molecular weight excluding hydrogens is 264 g/mol. The molecule has 0 aliphatic rings. The Morgan fingerprint density at radius 2 is 2.17 bits per heavy atom. The van der Waals surface area contributed by atoms with Crippen LogP contribution < -0.4 is 5.73 Å². The van der Waals surface area contributed by atoms with Gasteiger partial charge in [-0.15, -0.1) is 11.3 Å². The summed E-state index contributed by atoms with van der Waals surface area (Å²) in [5.41, 5.74) is 7.99. The van der Waals surface area contributed by atoms with Gasteiger partial charge in [0.25, 0.3) is 0 Å². The molecule has 1 aromatic heterocycles. The molecule has 2 N–H and O–H groups in total. The van der Waals surface area contributed by atoms with E-state index in [4.69, 9.17) is 22.3 Å². The molecule has 0 aliphatic heterocycles. The second kappa shape index (κ2) is 5.83. The number of nitrogens with two attached hydrogens (primary N) is 1. The Kier molecular flexibility index (Phi) is 4.38. The van der Waals surface area contributed by atoms with Gasteiger partial charge in [0, 0.05) is 22.0 Å². The van der Waals surface area contributed by atoms with E-state index in [0.717, 1.165) is 27.7 Å². The van der Waals surface area contributed by atoms with Crippen molar-refractivity contribution in [3.8, 4) is 10.6 Å². The van der Waals surface area contributed by atoms with Crippen molar-refractivity contribution in [2.24, 2.45) is 11.7 Å². The lowest BCUT2D eigenvalue weighted by atomic mass is 10.1. The predicted molar refractivity (Wildman–Crippen MR) is 79.0 cm³/mol. The smallest absolute Gasteiger partial charge is 0.123 e. The Morgan fingerprint density at radius 3 is 2.78 bits per heavy atom. The van der Waals surface area contributed by atoms with Crippen molar-refractivity contribution in [2.75, 3.05) is 0 Å². The predicted octanol–water partition coefficient (Wildman–Crippen LogP) is 4.12. The van der Waals surface area contributed by atoms with Crippen LogP contribution in [0, 0.1) is 5.92 Å². The third-order valence-electron chi connectivity index (χ3n) is 2.64. The molecule has 0 fully saturated rings. The van der Waals surface area contributed by atoms with Gasteiger partial charge in [-0.2, -0.15) is 0 Å². The van der Waals surface area contributed by atoms with E-state index < -0.39 is 0 Å². The number of hydrogen-bond acceptors (Lipinski definition) is 3. The van der Waals surface area contributed by atoms with Gasteiger partial charge < -0.3 is 5.73 Å². The average molecular weight is 281 g/mol. The largest absolute Gasteiger partial charge is 0.326 e. The van der Waals surface area contributed by atoms with Crippen LogP contribution >= 0.6 is 22.9 Å². The molecule has 2 rings (SSSR count). The number of halogens is 1. The fourth-order valence-corrected chi connectivity index (χ4v) is 2.99. The first-order valence-electron chi connectivity index (χ1n) is 6.04. The number of thiazole rings is 1. The fourth-order valence-electron chi connectivity index (χ4n) is 1.83. The van der Waals surface area contributed by atoms with Crippen molar-refractivity contribution in [1.29, 1.82) is 0 Å². The number of aromatic nitrogens is 1. The zero-order valence-corrected chi connectivity index (χ0v) is 12.2. The van der Waals surface area contributed by atoms with Crippen LogP contribution in [0.1, 0.15) is 24.4 Å². The molecule has 1 aromatic carbocycles. The van der Waals surface area contributed by atoms with Crippen LogP contribution in [0.25, 0.3) is 10.6 Å². The summed E-state index contributed by atoms with van der Waals surface area (Å²) in [6, 6.07) is 7.80. The van der Waals surface area contributed by atoms with Crippen molar-refractivity contribution in [2.45, 2.75) is 26.8 Å². The van der Waals surface area contributed by atoms with E-state index in [1.165, 1.54) is 4.88 Å². The van der Waals surface area contributed by atoms with Crippen molar-refractivity contribution in [3.05, 3.63) is 39.9 Å². The molecule has 4 heteroatoms. The molecule has 2 aromatic rings. The summed E-state index contributed by atoms with van der Waals surface area (Å²) >= 11 is 7.68. The normalized spacial score (nSPS) is 11.2. The highest BCUT2D eigenvalue weighted by Crippen LogP contribution is 2.30. The Morgan fingerprint density at radius 1 is 1.39 bits per heavy atom. The second-order valence-electron chi connectivity index (χ2n) is 4.70. The van der Waals surface area contributed by atoms with Gasteiger partial charge in [0.1, 0.15) is 5.01 Å². The van der Waals surface area contributed by atoms with Crippen LogP contribution in [0.5, 0.6) is 0 Å². The van der Waals surface area contributed by atoms with Gasteiger partial charge in [-0.25, -0.2) is 4.98 Å². The summed E-state index contributed by atoms with van der Waals surface area (Å²) in [7, 11) is 0. The molecule has 0 saturated carbocycles. The Balaban J connectivity index is 2.37. The first-order valence-corrected chi connectivity index (χ1v) is 7.24. The highest BCUT2D eigenvalue weighted by Gasteiger charge is 2.12. The quantitative estimate of drug-likeness (QED) is 0.915. The standard InChI is InChI=1S/C14H17ClN2S/c1-9(2)6-12-13(8-16)18-14(17-12)10-4-3-5-11(15)7-10/h3-5,7,9H,6,8,16H2,1-2H3. The van der Waals surface area contributed by atoms with Crippen LogP contribution in [0.2, 0.25) is 5.02 Å². The summed E-state index contributed by atoms with van der Waals surface area (Å²) < 4.78 is 0. The average Bonchev–Trinajstić information content (AvgIpc) is 2.71. The van der Waals surface area contributed by atoms with Crippen molar-refractivity contribution < 1.29 is 0 Å². The van der Waals surface area contributed by atoms with Gasteiger partial charge in [-0.1, -0.05) is 37.6 Å². The number of nitrogens with zero attached hydrogens (tertiary/aromatic N) is 1. The molecule has 0 aliphatic carbocycles. The van der Waals surface area contributed by atoms with E-state index >= 15 is 0 Å². The fraction of sp³-hybridized carbons (Fsp3) is 0.357. The molecule has 0 saturated heterocycles. The van der Waals surface area contributed by atoms with E-state index in [1.807, 2.05) is 24.3 Å². The summed E-state index contributed by atoms with van der Waals surface area (Å²) in [5, 5.41) is 1.75. The minimum Gasteiger partial charge on any atom is -0.326 e. The summed E-state index contributed by atoms with van der Waals surface area (Å²) in [6.07, 6.45) is 0.976. The lowest BCUT2D eigenvalue weighted by Gasteiger charge is -2.02. The highest BCUT2D eigenvalue weighted by atomic mass is 35.5. The topological polar surface area (TPSA) is 38.9 Å². The molecule has 96 valence electrons. The van der Waals surface area contributed by atoms with Crippen molar-refractivity contribution >= 4 is 22.9 Å². The Bertz CT molecular complexity index is 534. The molecule has 18 heavy (non-hydrogen) atoms. The zero-order chi connectivity index (χ0) is 13.1. The minimum absolute atomic E-state index is 0.556. The molecule has 0 spiro atoms. The molecule has 0 amide bonds. The molecule has 0 unspecified atom stereocenters. The third kappa shape index (κ3) is 3.10. The van der Waals surface area contributed by atoms with Gasteiger partial charge in [-0.05, 0) is 24.5 Å². The number of rotatable bonds is 4. The first-order chi connectivity index (χ1) is 8.60. The van der Waals surface area contributed by atoms with Crippen molar-refractivity contribution in [1.82, 2.24) is 4.98 Å². The summed E-state index contributed by atoms with van der Waals surface area (Å²) in [5.74, 6) is 0.588. The zero-order valence-electron chi connectivity index (χ0n) is 10.6. The van der Waals surface area contributed by atoms with Gasteiger partial charge in [-0.3, -0.25) is 0 Å². The molecule has 2 nitrogen and oxygen atoms in total. The highest BCUT2D eigenvalue weighted by molar-refractivity contribution is 7.15. The van der Waals surface area contributed by atoms with Crippen LogP contribution in [0.4, 0.5) is 0 Å². The second-order valence-corrected chi connectivity index (χ2v) is 6.22. The van der Waals surface area contributed by atoms with Gasteiger partial charge in [0.2, 0.25) is 0 Å². The van der Waals surface area contributed by atoms with Crippen LogP contribution in [-0.4, -0.2) is 4.98 Å². The van der Waals surface area contributed by atoms with Gasteiger partial charge in [0.15, 0.2) is 0 Å². The van der Waals surface area contributed by atoms with E-state index in [1.54, 1.807) is 11.3 Å². The molecule has 0 bridgehead atoms. The lowest BCUT2D eigenvalue weighted by Crippen LogP contribution is -2.01. The maximum atomic E-state index is 6.01. The van der Waals surface area contributed by atoms with E-state index in [-0.39, 0.29) is 0 Å². The molecular formula is C14H17ClN2S. The molecule has 0 atom stereocenters. The first kappa shape index (κ1) is 13.5. The maximum Gasteiger partial charge on any atom is 0.123 e. The summed E-state index contributed by atoms with van der Waals surface area (Å²) in [6.45, 7) is 4.94. The monoisotopic (exact) mass is 280 g/mol. The molecule has 1 heterocycles. The van der Waals surface area contributed by atoms with E-state index in [2.05, 4.69) is 13.8 Å². The number of benzene rings is 1. The number of hydrogen-bond donors (Lipinski definition) is 1. The Labute approximate surface area is 117 Å². The Hall–Kier alpha value is -0.900. The third-order valence-corrected chi connectivity index (χ3v) is 4.04.